The Labute approximate surface area is 165 Å². The highest BCUT2D eigenvalue weighted by molar-refractivity contribution is 9.10. The molecular formula is C22H16BrClO2. The third-order valence-electron chi connectivity index (χ3n) is 4.64. The molecular weight excluding hydrogens is 412 g/mol. The molecule has 0 heterocycles. The zero-order chi connectivity index (χ0) is 18.1. The summed E-state index contributed by atoms with van der Waals surface area (Å²) in [6, 6.07) is 19.2. The Morgan fingerprint density at radius 2 is 1.77 bits per heavy atom. The van der Waals surface area contributed by atoms with E-state index in [1.54, 1.807) is 12.1 Å². The first-order valence-corrected chi connectivity index (χ1v) is 9.61. The molecule has 0 fully saturated rings. The summed E-state index contributed by atoms with van der Waals surface area (Å²) >= 11 is 9.89. The monoisotopic (exact) mass is 426 g/mol. The fourth-order valence-electron chi connectivity index (χ4n) is 3.04. The van der Waals surface area contributed by atoms with Crippen molar-refractivity contribution in [3.63, 3.8) is 0 Å². The number of hydrogen-bond donors (Lipinski definition) is 0. The van der Waals surface area contributed by atoms with Gasteiger partial charge in [-0.2, -0.15) is 0 Å². The molecule has 26 heavy (non-hydrogen) atoms. The van der Waals surface area contributed by atoms with E-state index in [9.17, 15) is 4.79 Å². The molecule has 1 aliphatic rings. The normalized spacial score (nSPS) is 12.2. The van der Waals surface area contributed by atoms with Crippen LogP contribution in [0, 0.1) is 0 Å². The van der Waals surface area contributed by atoms with Crippen molar-refractivity contribution in [3.05, 3.63) is 98.0 Å². The van der Waals surface area contributed by atoms with Crippen LogP contribution in [0.4, 0.5) is 0 Å². The molecule has 0 radical (unpaired) electrons. The van der Waals surface area contributed by atoms with E-state index in [1.807, 2.05) is 48.5 Å². The summed E-state index contributed by atoms with van der Waals surface area (Å²) in [7, 11) is 0. The number of hydrogen-bond acceptors (Lipinski definition) is 2. The molecule has 0 aliphatic heterocycles. The first-order valence-electron chi connectivity index (χ1n) is 8.44. The van der Waals surface area contributed by atoms with Crippen LogP contribution in [0.2, 0.25) is 5.02 Å². The number of aryl methyl sites for hydroxylation is 2. The summed E-state index contributed by atoms with van der Waals surface area (Å²) in [4.78, 5) is 12.9. The molecule has 0 spiro atoms. The fourth-order valence-corrected chi connectivity index (χ4v) is 3.74. The maximum Gasteiger partial charge on any atom is 0.194 e. The van der Waals surface area contributed by atoms with Crippen LogP contribution in [0.1, 0.15) is 32.6 Å². The van der Waals surface area contributed by atoms with Gasteiger partial charge in [-0.25, -0.2) is 0 Å². The van der Waals surface area contributed by atoms with Crippen LogP contribution in [0.15, 0.2) is 65.1 Å². The summed E-state index contributed by atoms with van der Waals surface area (Å²) in [5, 5.41) is 0.393. The molecule has 0 aromatic heterocycles. The van der Waals surface area contributed by atoms with E-state index in [0.717, 1.165) is 18.4 Å². The van der Waals surface area contributed by atoms with Crippen LogP contribution >= 0.6 is 27.5 Å². The van der Waals surface area contributed by atoms with Gasteiger partial charge in [-0.3, -0.25) is 4.79 Å². The summed E-state index contributed by atoms with van der Waals surface area (Å²) in [5.74, 6) is 0.549. The molecule has 130 valence electrons. The van der Waals surface area contributed by atoms with Gasteiger partial charge in [-0.15, -0.1) is 0 Å². The van der Waals surface area contributed by atoms with E-state index in [0.29, 0.717) is 33.0 Å². The van der Waals surface area contributed by atoms with E-state index >= 15 is 0 Å². The Morgan fingerprint density at radius 1 is 1.00 bits per heavy atom. The van der Waals surface area contributed by atoms with Crippen LogP contribution in [0.3, 0.4) is 0 Å². The van der Waals surface area contributed by atoms with Crippen molar-refractivity contribution in [3.8, 4) is 5.75 Å². The van der Waals surface area contributed by atoms with Gasteiger partial charge in [-0.05, 0) is 57.6 Å². The fraction of sp³-hybridized carbons (Fsp3) is 0.136. The zero-order valence-corrected chi connectivity index (χ0v) is 16.3. The Hall–Kier alpha value is -2.10. The molecule has 0 saturated heterocycles. The molecule has 0 amide bonds. The molecule has 0 unspecified atom stereocenters. The average Bonchev–Trinajstić information content (AvgIpc) is 2.63. The minimum Gasteiger partial charge on any atom is -0.488 e. The van der Waals surface area contributed by atoms with Crippen molar-refractivity contribution in [2.24, 2.45) is 0 Å². The standard InChI is InChI=1S/C22H16BrClO2/c23-19-11-18(22(25)17-9-7-15-6-8-16(15)10-17)20(24)12-21(19)26-13-14-4-2-1-3-5-14/h1-5,7,9-12H,6,8,13H2. The molecule has 2 nitrogen and oxygen atoms in total. The summed E-state index contributed by atoms with van der Waals surface area (Å²) < 4.78 is 6.56. The maximum atomic E-state index is 12.9. The highest BCUT2D eigenvalue weighted by Crippen LogP contribution is 2.34. The van der Waals surface area contributed by atoms with Crippen LogP contribution < -0.4 is 4.74 Å². The van der Waals surface area contributed by atoms with E-state index < -0.39 is 0 Å². The first kappa shape index (κ1) is 17.3. The largest absolute Gasteiger partial charge is 0.488 e. The Balaban J connectivity index is 1.56. The Bertz CT molecular complexity index is 983. The van der Waals surface area contributed by atoms with Crippen molar-refractivity contribution in [1.29, 1.82) is 0 Å². The predicted octanol–water partition coefficient (Wildman–Crippen LogP) is 6.01. The smallest absolute Gasteiger partial charge is 0.194 e. The van der Waals surface area contributed by atoms with Gasteiger partial charge in [0, 0.05) is 17.2 Å². The van der Waals surface area contributed by atoms with Gasteiger partial charge in [0.15, 0.2) is 5.78 Å². The van der Waals surface area contributed by atoms with Crippen LogP contribution in [0.5, 0.6) is 5.75 Å². The lowest BCUT2D eigenvalue weighted by Crippen LogP contribution is -2.11. The van der Waals surface area contributed by atoms with Crippen molar-refractivity contribution >= 4 is 33.3 Å². The summed E-state index contributed by atoms with van der Waals surface area (Å²) in [5.41, 5.74) is 4.81. The van der Waals surface area contributed by atoms with E-state index in [-0.39, 0.29) is 5.78 Å². The minimum absolute atomic E-state index is 0.0694. The zero-order valence-electron chi connectivity index (χ0n) is 14.0. The predicted molar refractivity (Wildman–Crippen MR) is 107 cm³/mol. The number of carbonyl (C=O) groups excluding carboxylic acids is 1. The van der Waals surface area contributed by atoms with Gasteiger partial charge < -0.3 is 4.74 Å². The molecule has 4 heteroatoms. The van der Waals surface area contributed by atoms with Crippen molar-refractivity contribution in [2.75, 3.05) is 0 Å². The van der Waals surface area contributed by atoms with Crippen LogP contribution in [-0.4, -0.2) is 5.78 Å². The van der Waals surface area contributed by atoms with Gasteiger partial charge in [0.25, 0.3) is 0 Å². The number of ketones is 1. The van der Waals surface area contributed by atoms with E-state index in [2.05, 4.69) is 15.9 Å². The quantitative estimate of drug-likeness (QED) is 0.466. The second kappa shape index (κ2) is 7.26. The van der Waals surface area contributed by atoms with Gasteiger partial charge in [0.05, 0.1) is 9.50 Å². The lowest BCUT2D eigenvalue weighted by molar-refractivity contribution is 0.103. The number of rotatable bonds is 5. The third kappa shape index (κ3) is 3.42. The van der Waals surface area contributed by atoms with Gasteiger partial charge in [0.1, 0.15) is 12.4 Å². The van der Waals surface area contributed by atoms with Crippen molar-refractivity contribution < 1.29 is 9.53 Å². The molecule has 0 N–H and O–H groups in total. The molecule has 0 bridgehead atoms. The van der Waals surface area contributed by atoms with E-state index in [1.165, 1.54) is 11.1 Å². The lowest BCUT2D eigenvalue weighted by Gasteiger charge is -2.19. The van der Waals surface area contributed by atoms with Gasteiger partial charge in [0.2, 0.25) is 0 Å². The highest BCUT2D eigenvalue weighted by Gasteiger charge is 2.19. The highest BCUT2D eigenvalue weighted by atomic mass is 79.9. The molecule has 4 rings (SSSR count). The average molecular weight is 428 g/mol. The second-order valence-corrected chi connectivity index (χ2v) is 7.61. The van der Waals surface area contributed by atoms with Crippen LogP contribution in [-0.2, 0) is 19.4 Å². The van der Waals surface area contributed by atoms with Crippen molar-refractivity contribution in [1.82, 2.24) is 0 Å². The SMILES string of the molecule is O=C(c1ccc2c(c1)CC2)c1cc(Br)c(OCc2ccccc2)cc1Cl. The topological polar surface area (TPSA) is 26.3 Å². The lowest BCUT2D eigenvalue weighted by atomic mass is 9.86. The second-order valence-electron chi connectivity index (χ2n) is 6.35. The minimum atomic E-state index is -0.0694. The van der Waals surface area contributed by atoms with Crippen LogP contribution in [0.25, 0.3) is 0 Å². The number of fused-ring (bicyclic) bond motifs is 1. The maximum absolute atomic E-state index is 12.9. The molecule has 3 aromatic rings. The number of benzene rings is 3. The van der Waals surface area contributed by atoms with Gasteiger partial charge >= 0.3 is 0 Å². The number of ether oxygens (including phenoxy) is 1. The first-order chi connectivity index (χ1) is 12.6. The Morgan fingerprint density at radius 3 is 2.46 bits per heavy atom. The summed E-state index contributed by atoms with van der Waals surface area (Å²) in [6.45, 7) is 0.438. The molecule has 3 aromatic carbocycles. The third-order valence-corrected chi connectivity index (χ3v) is 5.57. The molecule has 0 atom stereocenters. The van der Waals surface area contributed by atoms with Gasteiger partial charge in [-0.1, -0.05) is 54.1 Å². The number of carbonyl (C=O) groups is 1. The molecule has 1 aliphatic carbocycles. The van der Waals surface area contributed by atoms with Crippen molar-refractivity contribution in [2.45, 2.75) is 19.4 Å². The molecule has 0 saturated carbocycles. The van der Waals surface area contributed by atoms with E-state index in [4.69, 9.17) is 16.3 Å². The number of halogens is 2. The Kier molecular flexibility index (Phi) is 4.84. The summed E-state index contributed by atoms with van der Waals surface area (Å²) in [6.07, 6.45) is 2.14.